The summed E-state index contributed by atoms with van der Waals surface area (Å²) in [5.41, 5.74) is 2.57. The minimum atomic E-state index is -0.646. The molecule has 3 N–H and O–H groups in total. The third-order valence-electron chi connectivity index (χ3n) is 5.38. The van der Waals surface area contributed by atoms with Crippen LogP contribution in [0.5, 0.6) is 0 Å². The molecule has 0 saturated heterocycles. The van der Waals surface area contributed by atoms with Crippen molar-refractivity contribution in [2.75, 3.05) is 11.9 Å². The van der Waals surface area contributed by atoms with Crippen molar-refractivity contribution in [1.29, 1.82) is 0 Å². The maximum Gasteiger partial charge on any atom is 0.292 e. The van der Waals surface area contributed by atoms with Gasteiger partial charge in [-0.3, -0.25) is 9.59 Å². The number of hydrogen-bond acceptors (Lipinski definition) is 7. The van der Waals surface area contributed by atoms with Crippen molar-refractivity contribution in [3.8, 4) is 0 Å². The summed E-state index contributed by atoms with van der Waals surface area (Å²) in [6.07, 6.45) is 3.19. The molecule has 0 unspecified atom stereocenters. The lowest BCUT2D eigenvalue weighted by molar-refractivity contribution is -0.117. The van der Waals surface area contributed by atoms with E-state index in [9.17, 15) is 9.59 Å². The highest BCUT2D eigenvalue weighted by atomic mass is 32.1. The van der Waals surface area contributed by atoms with Crippen molar-refractivity contribution in [1.82, 2.24) is 30.0 Å². The van der Waals surface area contributed by atoms with Crippen LogP contribution in [0.15, 0.2) is 54.3 Å². The van der Waals surface area contributed by atoms with E-state index in [2.05, 4.69) is 36.8 Å². The summed E-state index contributed by atoms with van der Waals surface area (Å²) in [6.45, 7) is 3.07. The summed E-state index contributed by atoms with van der Waals surface area (Å²) in [7, 11) is 0. The number of nitrogens with one attached hydrogen (secondary N) is 3. The van der Waals surface area contributed by atoms with Crippen LogP contribution in [0, 0.1) is 6.92 Å². The minimum Gasteiger partial charge on any atom is -0.364 e. The molecule has 0 atom stereocenters. The zero-order chi connectivity index (χ0) is 22.8. The first-order chi connectivity index (χ1) is 16.1. The Morgan fingerprint density at radius 3 is 2.85 bits per heavy atom. The van der Waals surface area contributed by atoms with Crippen LogP contribution in [-0.2, 0) is 17.9 Å². The van der Waals surface area contributed by atoms with E-state index in [-0.39, 0.29) is 6.54 Å². The van der Waals surface area contributed by atoms with Gasteiger partial charge in [-0.1, -0.05) is 24.3 Å². The molecule has 10 heteroatoms. The van der Waals surface area contributed by atoms with Crippen LogP contribution >= 0.6 is 11.3 Å². The zero-order valence-electron chi connectivity index (χ0n) is 17.8. The van der Waals surface area contributed by atoms with Gasteiger partial charge in [0, 0.05) is 28.0 Å². The van der Waals surface area contributed by atoms with Crippen molar-refractivity contribution < 1.29 is 9.59 Å². The van der Waals surface area contributed by atoms with Crippen LogP contribution in [0.4, 0.5) is 5.82 Å². The number of carbonyl (C=O) groups excluding carboxylic acids is 2. The van der Waals surface area contributed by atoms with E-state index in [1.807, 2.05) is 35.7 Å². The molecule has 0 fully saturated rings. The third kappa shape index (κ3) is 4.08. The van der Waals surface area contributed by atoms with E-state index in [1.165, 1.54) is 11.2 Å². The molecule has 4 heterocycles. The van der Waals surface area contributed by atoms with E-state index in [1.54, 1.807) is 29.1 Å². The maximum atomic E-state index is 12.8. The molecule has 0 aliphatic carbocycles. The molecule has 5 aromatic rings. The number of thiophene rings is 1. The van der Waals surface area contributed by atoms with Crippen LogP contribution < -0.4 is 10.6 Å². The predicted octanol–water partition coefficient (Wildman–Crippen LogP) is 3.29. The van der Waals surface area contributed by atoms with E-state index in [0.29, 0.717) is 35.8 Å². The fourth-order valence-corrected chi connectivity index (χ4v) is 4.46. The number of anilines is 1. The van der Waals surface area contributed by atoms with Crippen molar-refractivity contribution >= 4 is 50.8 Å². The van der Waals surface area contributed by atoms with Gasteiger partial charge in [0.2, 0.25) is 0 Å². The molecule has 33 heavy (non-hydrogen) atoms. The average molecular weight is 460 g/mol. The minimum absolute atomic E-state index is 0.241. The Labute approximate surface area is 192 Å². The summed E-state index contributed by atoms with van der Waals surface area (Å²) in [6, 6.07) is 11.5. The lowest BCUT2D eigenvalue weighted by atomic mass is 10.1. The van der Waals surface area contributed by atoms with Gasteiger partial charge in [-0.25, -0.2) is 14.6 Å². The summed E-state index contributed by atoms with van der Waals surface area (Å²) in [4.78, 5) is 38.3. The van der Waals surface area contributed by atoms with Gasteiger partial charge in [-0.05, 0) is 24.4 Å². The number of aromatic nitrogens is 5. The molecule has 5 rings (SSSR count). The van der Waals surface area contributed by atoms with Crippen LogP contribution in [-0.4, -0.2) is 43.0 Å². The van der Waals surface area contributed by atoms with E-state index < -0.39 is 11.7 Å². The molecule has 0 spiro atoms. The Kier molecular flexibility index (Phi) is 5.57. The third-order valence-corrected chi connectivity index (χ3v) is 6.26. The number of fused-ring (bicyclic) bond motifs is 2. The second-order valence-electron chi connectivity index (χ2n) is 7.52. The lowest BCUT2D eigenvalue weighted by Crippen LogP contribution is -2.33. The van der Waals surface area contributed by atoms with Crippen molar-refractivity contribution in [3.63, 3.8) is 0 Å². The van der Waals surface area contributed by atoms with Gasteiger partial charge in [0.25, 0.3) is 11.7 Å². The van der Waals surface area contributed by atoms with Crippen LogP contribution in [0.1, 0.15) is 20.9 Å². The molecule has 1 aromatic carbocycles. The SMILES string of the molecule is Cc1[nH]c2ccccc2c1C(=O)C(=O)NCCn1ncc2c(NCc3cccs3)ncnc21. The number of H-pyrrole nitrogens is 1. The maximum absolute atomic E-state index is 12.8. The van der Waals surface area contributed by atoms with Crippen LogP contribution in [0.2, 0.25) is 0 Å². The highest BCUT2D eigenvalue weighted by Gasteiger charge is 2.22. The summed E-state index contributed by atoms with van der Waals surface area (Å²) >= 11 is 1.67. The lowest BCUT2D eigenvalue weighted by Gasteiger charge is -2.07. The summed E-state index contributed by atoms with van der Waals surface area (Å²) in [5.74, 6) is -0.501. The van der Waals surface area contributed by atoms with Gasteiger partial charge in [-0.2, -0.15) is 5.10 Å². The number of Topliss-reactive ketones (excluding diaryl/α,β-unsaturated/α-hetero) is 1. The molecule has 4 aromatic heterocycles. The number of benzene rings is 1. The number of para-hydroxylation sites is 1. The second kappa shape index (κ2) is 8.83. The van der Waals surface area contributed by atoms with Gasteiger partial charge >= 0.3 is 0 Å². The van der Waals surface area contributed by atoms with E-state index in [0.717, 1.165) is 16.3 Å². The Morgan fingerprint density at radius 2 is 2.00 bits per heavy atom. The average Bonchev–Trinajstić information content (AvgIpc) is 3.56. The fourth-order valence-electron chi connectivity index (χ4n) is 3.82. The summed E-state index contributed by atoms with van der Waals surface area (Å²) in [5, 5.41) is 14.0. The number of rotatable bonds is 8. The molecule has 0 radical (unpaired) electrons. The van der Waals surface area contributed by atoms with Gasteiger partial charge < -0.3 is 15.6 Å². The first kappa shape index (κ1) is 20.8. The smallest absolute Gasteiger partial charge is 0.292 e. The number of aryl methyl sites for hydroxylation is 1. The number of amides is 1. The topological polar surface area (TPSA) is 118 Å². The van der Waals surface area contributed by atoms with Crippen LogP contribution in [0.3, 0.4) is 0 Å². The predicted molar refractivity (Wildman–Crippen MR) is 127 cm³/mol. The van der Waals surface area contributed by atoms with Crippen molar-refractivity contribution in [2.45, 2.75) is 20.0 Å². The molecule has 0 aliphatic rings. The van der Waals surface area contributed by atoms with Gasteiger partial charge in [0.1, 0.15) is 12.1 Å². The second-order valence-corrected chi connectivity index (χ2v) is 8.55. The molecular formula is C23H21N7O2S. The van der Waals surface area contributed by atoms with Crippen molar-refractivity contribution in [3.05, 3.63) is 70.4 Å². The first-order valence-corrected chi connectivity index (χ1v) is 11.3. The number of nitrogens with zero attached hydrogens (tertiary/aromatic N) is 4. The largest absolute Gasteiger partial charge is 0.364 e. The van der Waals surface area contributed by atoms with Gasteiger partial charge in [0.15, 0.2) is 5.65 Å². The fraction of sp³-hybridized carbons (Fsp3) is 0.174. The highest BCUT2D eigenvalue weighted by Crippen LogP contribution is 2.22. The quantitative estimate of drug-likeness (QED) is 0.242. The monoisotopic (exact) mass is 459 g/mol. The molecule has 0 saturated carbocycles. The summed E-state index contributed by atoms with van der Waals surface area (Å²) < 4.78 is 1.69. The first-order valence-electron chi connectivity index (χ1n) is 10.4. The zero-order valence-corrected chi connectivity index (χ0v) is 18.6. The molecule has 0 bridgehead atoms. The Morgan fingerprint density at radius 1 is 1.12 bits per heavy atom. The Hall–Kier alpha value is -4.05. The molecular weight excluding hydrogens is 438 g/mol. The number of carbonyl (C=O) groups is 2. The standard InChI is InChI=1S/C23H21N7O2S/c1-14-19(16-6-2-3-7-18(16)29-14)20(31)23(32)24-8-9-30-22-17(12-28-30)21(26-13-27-22)25-11-15-5-4-10-33-15/h2-7,10,12-13,29H,8-9,11H2,1H3,(H,24,32)(H,25,26,27). The van der Waals surface area contributed by atoms with Gasteiger partial charge in [-0.15, -0.1) is 11.3 Å². The van der Waals surface area contributed by atoms with Crippen LogP contribution in [0.25, 0.3) is 21.9 Å². The van der Waals surface area contributed by atoms with Crippen molar-refractivity contribution in [2.24, 2.45) is 0 Å². The normalized spacial score (nSPS) is 11.2. The number of hydrogen-bond donors (Lipinski definition) is 3. The Balaban J connectivity index is 1.24. The number of ketones is 1. The molecule has 0 aliphatic heterocycles. The molecule has 166 valence electrons. The molecule has 1 amide bonds. The highest BCUT2D eigenvalue weighted by molar-refractivity contribution is 7.09. The number of aromatic amines is 1. The van der Waals surface area contributed by atoms with E-state index in [4.69, 9.17) is 0 Å². The molecule has 9 nitrogen and oxygen atoms in total. The van der Waals surface area contributed by atoms with E-state index >= 15 is 0 Å². The Bertz CT molecular complexity index is 1450. The van der Waals surface area contributed by atoms with Gasteiger partial charge in [0.05, 0.1) is 30.2 Å².